The molecule has 1 fully saturated rings. The van der Waals surface area contributed by atoms with Gasteiger partial charge < -0.3 is 54.3 Å². The Morgan fingerprint density at radius 1 is 0.343 bits per heavy atom. The molecular weight excluding hydrogens is 892 g/mol. The van der Waals surface area contributed by atoms with Crippen molar-refractivity contribution in [2.24, 2.45) is 0 Å². The SMILES string of the molecule is O=C(OO[C@@]1(OC(=O)c2cccnc2)C(O)(O)[C@@](O)(OC(=O)c2cccnc2)[C@](O)(OC(=O)c2cccnc2)[C@](O)(OC(=O)c2cccnc2)[C@@]1(O)OC(=O)c1cccnc1)c1cccnc1. The van der Waals surface area contributed by atoms with Crippen LogP contribution < -0.4 is 0 Å². The van der Waals surface area contributed by atoms with Crippen LogP contribution in [0.5, 0.6) is 0 Å². The van der Waals surface area contributed by atoms with E-state index < -0.39 is 104 Å². The summed E-state index contributed by atoms with van der Waals surface area (Å²) in [6, 6.07) is 12.3. The summed E-state index contributed by atoms with van der Waals surface area (Å²) in [5.74, 6) is -43.7. The molecule has 25 nitrogen and oxygen atoms in total. The normalized spacial score (nSPS) is 23.9. The fourth-order valence-corrected chi connectivity index (χ4v) is 6.21. The predicted octanol–water partition coefficient (Wildman–Crippen LogP) is -0.425. The van der Waals surface area contributed by atoms with E-state index in [0.29, 0.717) is 0 Å². The fraction of sp³-hybridized carbons (Fsp3) is 0.143. The van der Waals surface area contributed by atoms with Crippen LogP contribution in [0.1, 0.15) is 62.1 Å². The Kier molecular flexibility index (Phi) is 12.6. The number of hydrogen-bond donors (Lipinski definition) is 6. The minimum Gasteiger partial charge on any atom is -0.416 e. The highest BCUT2D eigenvalue weighted by Crippen LogP contribution is 2.62. The average molecular weight is 923 g/mol. The van der Waals surface area contributed by atoms with E-state index in [4.69, 9.17) is 33.5 Å². The lowest BCUT2D eigenvalue weighted by Crippen LogP contribution is -2.98. The molecule has 0 radical (unpaired) electrons. The second-order valence-electron chi connectivity index (χ2n) is 13.7. The number of nitrogens with zero attached hydrogens (tertiary/aromatic N) is 6. The van der Waals surface area contributed by atoms with Gasteiger partial charge in [-0.1, -0.05) is 0 Å². The topological polar surface area (TPSA) is 366 Å². The molecule has 0 bridgehead atoms. The van der Waals surface area contributed by atoms with Gasteiger partial charge in [0.1, 0.15) is 0 Å². The van der Waals surface area contributed by atoms with Gasteiger partial charge in [0.25, 0.3) is 0 Å². The Bertz CT molecular complexity index is 2790. The lowest BCUT2D eigenvalue weighted by molar-refractivity contribution is -0.650. The Morgan fingerprint density at radius 3 is 0.896 bits per heavy atom. The minimum absolute atomic E-state index is 0.581. The Hall–Kier alpha value is -8.56. The van der Waals surface area contributed by atoms with Crippen molar-refractivity contribution < 1.29 is 92.9 Å². The molecule has 0 spiro atoms. The van der Waals surface area contributed by atoms with Gasteiger partial charge in [-0.25, -0.2) is 28.8 Å². The fourth-order valence-electron chi connectivity index (χ4n) is 6.21. The van der Waals surface area contributed by atoms with Crippen molar-refractivity contribution in [3.8, 4) is 0 Å². The summed E-state index contributed by atoms with van der Waals surface area (Å²) in [6.45, 7) is 0. The van der Waals surface area contributed by atoms with Crippen molar-refractivity contribution in [1.82, 2.24) is 29.9 Å². The van der Waals surface area contributed by atoms with Crippen molar-refractivity contribution in [1.29, 1.82) is 0 Å². The molecule has 6 aromatic heterocycles. The third-order valence-electron chi connectivity index (χ3n) is 9.57. The lowest BCUT2D eigenvalue weighted by atomic mass is 9.68. The number of hydrogen-bond acceptors (Lipinski definition) is 25. The molecule has 5 atom stereocenters. The standard InChI is InChI=1S/C42H30N6O19/c49-31(25-7-1-13-43-19-25)61-38(57)37(55,56)42(65-35(53)29-11-5-17-47-23-29,67-66-36(54)30-12-6-18-48-24-30)41(60,64-34(52)28-10-4-16-46-22-28)40(59,63-33(51)27-9-3-15-45-21-27)39(38,58)62-32(50)26-8-2-14-44-20-26/h1-24,55-60H/t38-,39+,40+,41-,42+/m1/s1. The molecule has 0 unspecified atom stereocenters. The van der Waals surface area contributed by atoms with Crippen LogP contribution in [-0.4, -0.2) is 131 Å². The van der Waals surface area contributed by atoms with Gasteiger partial charge in [-0.2, -0.15) is 0 Å². The smallest absolute Gasteiger partial charge is 0.388 e. The van der Waals surface area contributed by atoms with Crippen LogP contribution >= 0.6 is 0 Å². The van der Waals surface area contributed by atoms with E-state index in [1.807, 2.05) is 0 Å². The van der Waals surface area contributed by atoms with E-state index in [0.717, 1.165) is 135 Å². The second kappa shape index (κ2) is 18.1. The Labute approximate surface area is 373 Å². The van der Waals surface area contributed by atoms with Gasteiger partial charge in [0.05, 0.1) is 33.4 Å². The maximum absolute atomic E-state index is 14.3. The summed E-state index contributed by atoms with van der Waals surface area (Å²) in [5.41, 5.74) is -4.39. The first-order valence-electron chi connectivity index (χ1n) is 18.7. The number of carbonyl (C=O) groups excluding carboxylic acids is 6. The van der Waals surface area contributed by atoms with Crippen molar-refractivity contribution >= 4 is 35.8 Å². The molecule has 6 aromatic rings. The van der Waals surface area contributed by atoms with Gasteiger partial charge in [-0.15, -0.1) is 4.89 Å². The van der Waals surface area contributed by atoms with Crippen LogP contribution in [0.15, 0.2) is 147 Å². The van der Waals surface area contributed by atoms with E-state index in [1.165, 1.54) is 12.3 Å². The summed E-state index contributed by atoms with van der Waals surface area (Å²) in [5, 5.41) is 77.7. The molecule has 6 N–H and O–H groups in total. The molecule has 0 saturated heterocycles. The maximum Gasteiger partial charge on any atom is 0.388 e. The summed E-state index contributed by atoms with van der Waals surface area (Å²) in [7, 11) is 0. The molecule has 67 heavy (non-hydrogen) atoms. The van der Waals surface area contributed by atoms with Gasteiger partial charge in [0.2, 0.25) is 0 Å². The number of ether oxygens (including phenoxy) is 5. The summed E-state index contributed by atoms with van der Waals surface area (Å²) in [6.07, 6.45) is 11.3. The first-order chi connectivity index (χ1) is 31.9. The Morgan fingerprint density at radius 2 is 0.597 bits per heavy atom. The lowest BCUT2D eigenvalue weighted by Gasteiger charge is -2.63. The van der Waals surface area contributed by atoms with Crippen LogP contribution in [0.4, 0.5) is 0 Å². The van der Waals surface area contributed by atoms with E-state index in [1.54, 1.807) is 0 Å². The van der Waals surface area contributed by atoms with Gasteiger partial charge in [-0.05, 0) is 72.8 Å². The number of pyridine rings is 6. The number of aromatic nitrogens is 6. The number of aliphatic hydroxyl groups is 6. The average Bonchev–Trinajstić information content (AvgIpc) is 3.35. The Balaban J connectivity index is 1.61. The molecular formula is C42H30N6O19. The van der Waals surface area contributed by atoms with Gasteiger partial charge >= 0.3 is 70.5 Å². The third-order valence-corrected chi connectivity index (χ3v) is 9.57. The minimum atomic E-state index is -5.45. The molecule has 1 aliphatic rings. The van der Waals surface area contributed by atoms with Crippen molar-refractivity contribution in [2.45, 2.75) is 34.7 Å². The van der Waals surface area contributed by atoms with Crippen LogP contribution in [0.3, 0.4) is 0 Å². The van der Waals surface area contributed by atoms with E-state index in [-0.39, 0.29) is 0 Å². The van der Waals surface area contributed by atoms with Crippen LogP contribution in [0.2, 0.25) is 0 Å². The van der Waals surface area contributed by atoms with E-state index >= 15 is 0 Å². The molecule has 1 aliphatic carbocycles. The molecule has 0 amide bonds. The largest absolute Gasteiger partial charge is 0.416 e. The molecule has 7 rings (SSSR count). The monoisotopic (exact) mass is 922 g/mol. The number of esters is 5. The summed E-state index contributed by atoms with van der Waals surface area (Å²) in [4.78, 5) is 117. The zero-order valence-corrected chi connectivity index (χ0v) is 33.5. The highest BCUT2D eigenvalue weighted by atomic mass is 17.2. The molecule has 0 aliphatic heterocycles. The predicted molar refractivity (Wildman–Crippen MR) is 209 cm³/mol. The van der Waals surface area contributed by atoms with Crippen LogP contribution in [0.25, 0.3) is 0 Å². The number of rotatable bonds is 13. The number of carbonyl (C=O) groups is 6. The highest BCUT2D eigenvalue weighted by Gasteiger charge is 3.01. The molecule has 25 heteroatoms. The van der Waals surface area contributed by atoms with Gasteiger partial charge in [-0.3, -0.25) is 34.8 Å². The van der Waals surface area contributed by atoms with E-state index in [2.05, 4.69) is 29.9 Å². The first-order valence-corrected chi connectivity index (χ1v) is 18.7. The molecule has 0 aromatic carbocycles. The van der Waals surface area contributed by atoms with Crippen LogP contribution in [-0.2, 0) is 33.5 Å². The zero-order valence-electron chi connectivity index (χ0n) is 33.5. The van der Waals surface area contributed by atoms with Crippen molar-refractivity contribution in [2.75, 3.05) is 0 Å². The van der Waals surface area contributed by atoms with Gasteiger partial charge in [0.15, 0.2) is 0 Å². The molecule has 6 heterocycles. The van der Waals surface area contributed by atoms with Crippen molar-refractivity contribution in [3.63, 3.8) is 0 Å². The molecule has 1 saturated carbocycles. The van der Waals surface area contributed by atoms with E-state index in [9.17, 15) is 59.4 Å². The molecule has 342 valence electrons. The van der Waals surface area contributed by atoms with Crippen LogP contribution in [0, 0.1) is 0 Å². The quantitative estimate of drug-likeness (QED) is 0.0281. The maximum atomic E-state index is 14.3. The zero-order chi connectivity index (χ0) is 48.1. The van der Waals surface area contributed by atoms with Gasteiger partial charge in [0, 0.05) is 74.4 Å². The highest BCUT2D eigenvalue weighted by molar-refractivity contribution is 5.93. The summed E-state index contributed by atoms with van der Waals surface area (Å²) >= 11 is 0. The van der Waals surface area contributed by atoms with Crippen molar-refractivity contribution in [3.05, 3.63) is 181 Å². The summed E-state index contributed by atoms with van der Waals surface area (Å²) < 4.78 is 26.1. The second-order valence-corrected chi connectivity index (χ2v) is 13.7. The third kappa shape index (κ3) is 8.01. The first kappa shape index (κ1) is 46.4.